The van der Waals surface area contributed by atoms with Crippen LogP contribution in [0.2, 0.25) is 0 Å². The number of carboxylic acid groups (broad SMARTS) is 1. The van der Waals surface area contributed by atoms with Gasteiger partial charge in [-0.1, -0.05) is 0 Å². The molecular formula is C8H12N4O4. The lowest BCUT2D eigenvalue weighted by atomic mass is 10.1. The van der Waals surface area contributed by atoms with Crippen LogP contribution in [0.3, 0.4) is 0 Å². The zero-order chi connectivity index (χ0) is 12.2. The molecule has 1 unspecified atom stereocenters. The minimum Gasteiger partial charge on any atom is -0.479 e. The first-order valence-corrected chi connectivity index (χ1v) is 4.41. The van der Waals surface area contributed by atoms with E-state index in [4.69, 9.17) is 5.11 Å². The number of carbonyl (C=O) groups excluding carboxylic acids is 1. The molecule has 0 aliphatic rings. The second-order valence-electron chi connectivity index (χ2n) is 3.37. The van der Waals surface area contributed by atoms with Crippen LogP contribution in [0.25, 0.3) is 0 Å². The Kier molecular flexibility index (Phi) is 3.46. The smallest absolute Gasteiger partial charge is 0.337 e. The van der Waals surface area contributed by atoms with Gasteiger partial charge in [0.05, 0.1) is 18.4 Å². The number of aliphatic carboxylic acids is 1. The van der Waals surface area contributed by atoms with Crippen LogP contribution in [0.5, 0.6) is 0 Å². The maximum absolute atomic E-state index is 11.2. The van der Waals surface area contributed by atoms with Crippen LogP contribution >= 0.6 is 0 Å². The number of carboxylic acids is 1. The minimum absolute atomic E-state index is 0.397. The molecule has 0 saturated heterocycles. The highest BCUT2D eigenvalue weighted by Crippen LogP contribution is 2.02. The van der Waals surface area contributed by atoms with Gasteiger partial charge < -0.3 is 20.8 Å². The lowest BCUT2D eigenvalue weighted by Gasteiger charge is -2.18. The normalized spacial score (nSPS) is 13.9. The third kappa shape index (κ3) is 3.24. The van der Waals surface area contributed by atoms with Crippen LogP contribution in [0.15, 0.2) is 12.4 Å². The average Bonchev–Trinajstić information content (AvgIpc) is 2.67. The summed E-state index contributed by atoms with van der Waals surface area (Å²) in [5.74, 6) is -1.41. The fourth-order valence-electron chi connectivity index (χ4n) is 0.823. The summed E-state index contributed by atoms with van der Waals surface area (Å²) in [5.41, 5.74) is -1.55. The van der Waals surface area contributed by atoms with E-state index in [1.54, 1.807) is 0 Å². The van der Waals surface area contributed by atoms with Gasteiger partial charge in [0.2, 0.25) is 0 Å². The molecule has 2 amide bonds. The third-order valence-electron chi connectivity index (χ3n) is 1.81. The van der Waals surface area contributed by atoms with E-state index in [0.717, 1.165) is 6.92 Å². The monoisotopic (exact) mass is 228 g/mol. The molecule has 1 heterocycles. The molecule has 8 heteroatoms. The van der Waals surface area contributed by atoms with Crippen LogP contribution in [0, 0.1) is 0 Å². The van der Waals surface area contributed by atoms with Crippen molar-refractivity contribution >= 4 is 17.7 Å². The lowest BCUT2D eigenvalue weighted by Crippen LogP contribution is -2.47. The average molecular weight is 228 g/mol. The van der Waals surface area contributed by atoms with Gasteiger partial charge in [-0.2, -0.15) is 5.10 Å². The zero-order valence-corrected chi connectivity index (χ0v) is 8.52. The number of rotatable bonds is 4. The van der Waals surface area contributed by atoms with Crippen molar-refractivity contribution in [2.45, 2.75) is 12.5 Å². The fraction of sp³-hybridized carbons (Fsp3) is 0.375. The first-order chi connectivity index (χ1) is 7.42. The number of nitrogens with one attached hydrogen (secondary N) is 3. The van der Waals surface area contributed by atoms with Gasteiger partial charge >= 0.3 is 12.0 Å². The second kappa shape index (κ2) is 4.62. The number of urea groups is 1. The van der Waals surface area contributed by atoms with E-state index in [2.05, 4.69) is 20.8 Å². The molecule has 1 aromatic rings. The van der Waals surface area contributed by atoms with Crippen molar-refractivity contribution in [1.29, 1.82) is 0 Å². The van der Waals surface area contributed by atoms with Gasteiger partial charge in [-0.15, -0.1) is 0 Å². The van der Waals surface area contributed by atoms with Gasteiger partial charge in [-0.05, 0) is 6.92 Å². The summed E-state index contributed by atoms with van der Waals surface area (Å²) in [4.78, 5) is 21.7. The number of anilines is 1. The van der Waals surface area contributed by atoms with E-state index in [0.29, 0.717) is 5.69 Å². The predicted octanol–water partition coefficient (Wildman–Crippen LogP) is -0.633. The highest BCUT2D eigenvalue weighted by atomic mass is 16.4. The van der Waals surface area contributed by atoms with Gasteiger partial charge in [0, 0.05) is 6.20 Å². The Hall–Kier alpha value is -2.09. The molecule has 1 rings (SSSR count). The third-order valence-corrected chi connectivity index (χ3v) is 1.81. The van der Waals surface area contributed by atoms with E-state index in [-0.39, 0.29) is 0 Å². The van der Waals surface area contributed by atoms with Crippen molar-refractivity contribution < 1.29 is 19.8 Å². The van der Waals surface area contributed by atoms with Crippen LogP contribution in [0.4, 0.5) is 10.5 Å². The van der Waals surface area contributed by atoms with Crippen molar-refractivity contribution in [2.75, 3.05) is 11.9 Å². The molecule has 0 aliphatic heterocycles. The maximum atomic E-state index is 11.2. The van der Waals surface area contributed by atoms with E-state index in [1.807, 2.05) is 0 Å². The second-order valence-corrected chi connectivity index (χ2v) is 3.37. The predicted molar refractivity (Wildman–Crippen MR) is 53.9 cm³/mol. The molecule has 1 aromatic heterocycles. The van der Waals surface area contributed by atoms with Gasteiger partial charge in [0.15, 0.2) is 5.60 Å². The molecule has 1 atom stereocenters. The van der Waals surface area contributed by atoms with Crippen LogP contribution in [0.1, 0.15) is 6.92 Å². The van der Waals surface area contributed by atoms with Gasteiger partial charge in [-0.25, -0.2) is 9.59 Å². The molecule has 0 spiro atoms. The largest absolute Gasteiger partial charge is 0.479 e. The SMILES string of the molecule is CC(O)(CNC(=O)Nc1cn[nH]c1)C(=O)O. The Morgan fingerprint density at radius 3 is 2.81 bits per heavy atom. The molecule has 8 nitrogen and oxygen atoms in total. The fourth-order valence-corrected chi connectivity index (χ4v) is 0.823. The molecule has 0 radical (unpaired) electrons. The molecule has 0 bridgehead atoms. The molecule has 0 aliphatic carbocycles. The minimum atomic E-state index is -1.99. The Labute approximate surface area is 90.7 Å². The van der Waals surface area contributed by atoms with Crippen molar-refractivity contribution in [3.05, 3.63) is 12.4 Å². The first-order valence-electron chi connectivity index (χ1n) is 4.41. The summed E-state index contributed by atoms with van der Waals surface area (Å²) in [6, 6.07) is -0.622. The molecule has 5 N–H and O–H groups in total. The number of carbonyl (C=O) groups is 2. The highest BCUT2D eigenvalue weighted by molar-refractivity contribution is 5.89. The van der Waals surface area contributed by atoms with E-state index >= 15 is 0 Å². The summed E-state index contributed by atoms with van der Waals surface area (Å²) in [6.07, 6.45) is 2.84. The number of amides is 2. The molecule has 16 heavy (non-hydrogen) atoms. The highest BCUT2D eigenvalue weighted by Gasteiger charge is 2.30. The topological polar surface area (TPSA) is 127 Å². The number of aromatic nitrogens is 2. The van der Waals surface area contributed by atoms with Crippen molar-refractivity contribution in [3.63, 3.8) is 0 Å². The molecule has 0 aromatic carbocycles. The number of hydrogen-bond acceptors (Lipinski definition) is 4. The van der Waals surface area contributed by atoms with Gasteiger partial charge in [0.25, 0.3) is 0 Å². The number of hydrogen-bond donors (Lipinski definition) is 5. The molecule has 88 valence electrons. The Balaban J connectivity index is 2.39. The van der Waals surface area contributed by atoms with E-state index < -0.39 is 24.1 Å². The number of aromatic amines is 1. The Bertz CT molecular complexity index is 373. The van der Waals surface area contributed by atoms with E-state index in [1.165, 1.54) is 12.4 Å². The van der Waals surface area contributed by atoms with E-state index in [9.17, 15) is 14.7 Å². The summed E-state index contributed by atoms with van der Waals surface area (Å²) in [5, 5.41) is 28.6. The summed E-state index contributed by atoms with van der Waals surface area (Å²) >= 11 is 0. The lowest BCUT2D eigenvalue weighted by molar-refractivity contribution is -0.155. The quantitative estimate of drug-likeness (QED) is 0.468. The number of H-pyrrole nitrogens is 1. The number of nitrogens with zero attached hydrogens (tertiary/aromatic N) is 1. The first kappa shape index (κ1) is 12.0. The summed E-state index contributed by atoms with van der Waals surface area (Å²) in [7, 11) is 0. The van der Waals surface area contributed by atoms with Gasteiger partial charge in [-0.3, -0.25) is 5.10 Å². The standard InChI is InChI=1S/C8H12N4O4/c1-8(16,6(13)14)4-9-7(15)12-5-2-10-11-3-5/h2-3,16H,4H2,1H3,(H,10,11)(H,13,14)(H2,9,12,15). The van der Waals surface area contributed by atoms with Crippen LogP contribution in [-0.4, -0.2) is 44.6 Å². The Morgan fingerprint density at radius 2 is 2.31 bits per heavy atom. The molecule has 0 saturated carbocycles. The molecular weight excluding hydrogens is 216 g/mol. The zero-order valence-electron chi connectivity index (χ0n) is 8.52. The van der Waals surface area contributed by atoms with Crippen LogP contribution in [-0.2, 0) is 4.79 Å². The van der Waals surface area contributed by atoms with Gasteiger partial charge in [0.1, 0.15) is 0 Å². The summed E-state index contributed by atoms with van der Waals surface area (Å²) in [6.45, 7) is 0.694. The van der Waals surface area contributed by atoms with Crippen molar-refractivity contribution in [1.82, 2.24) is 15.5 Å². The van der Waals surface area contributed by atoms with Crippen LogP contribution < -0.4 is 10.6 Å². The van der Waals surface area contributed by atoms with Crippen molar-refractivity contribution in [3.8, 4) is 0 Å². The van der Waals surface area contributed by atoms with Crippen molar-refractivity contribution in [2.24, 2.45) is 0 Å². The Morgan fingerprint density at radius 1 is 1.62 bits per heavy atom. The number of aliphatic hydroxyl groups is 1. The maximum Gasteiger partial charge on any atom is 0.337 e. The molecule has 0 fully saturated rings. The summed E-state index contributed by atoms with van der Waals surface area (Å²) < 4.78 is 0.